The van der Waals surface area contributed by atoms with Crippen LogP contribution in [-0.4, -0.2) is 21.7 Å². The Morgan fingerprint density at radius 1 is 1.12 bits per heavy atom. The molecule has 3 rings (SSSR count). The fourth-order valence-corrected chi connectivity index (χ4v) is 2.37. The molecule has 0 aliphatic rings. The molecule has 122 valence electrons. The SMILES string of the molecule is NC(N)=NC(N)=Nc1ccc2c(cnn2Cc2cccc(F)c2)c1. The van der Waals surface area contributed by atoms with Gasteiger partial charge < -0.3 is 17.2 Å². The number of benzene rings is 2. The van der Waals surface area contributed by atoms with E-state index in [0.717, 1.165) is 16.5 Å². The van der Waals surface area contributed by atoms with Gasteiger partial charge in [-0.2, -0.15) is 10.1 Å². The number of hydrogen-bond donors (Lipinski definition) is 3. The summed E-state index contributed by atoms with van der Waals surface area (Å²) in [5.74, 6) is -0.447. The number of aliphatic imine (C=N–C) groups is 2. The van der Waals surface area contributed by atoms with Crippen molar-refractivity contribution in [2.75, 3.05) is 0 Å². The third kappa shape index (κ3) is 3.49. The zero-order valence-corrected chi connectivity index (χ0v) is 12.7. The summed E-state index contributed by atoms with van der Waals surface area (Å²) in [6, 6.07) is 11.9. The van der Waals surface area contributed by atoms with Crippen molar-refractivity contribution in [3.63, 3.8) is 0 Å². The number of hydrogen-bond acceptors (Lipinski definition) is 2. The zero-order valence-electron chi connectivity index (χ0n) is 12.7. The minimum atomic E-state index is -0.268. The highest BCUT2D eigenvalue weighted by Gasteiger charge is 2.05. The summed E-state index contributed by atoms with van der Waals surface area (Å²) in [5.41, 5.74) is 18.5. The summed E-state index contributed by atoms with van der Waals surface area (Å²) in [6.45, 7) is 0.472. The highest BCUT2D eigenvalue weighted by atomic mass is 19.1. The molecule has 0 aliphatic carbocycles. The van der Waals surface area contributed by atoms with Crippen molar-refractivity contribution in [3.05, 3.63) is 60.0 Å². The van der Waals surface area contributed by atoms with Crippen LogP contribution in [0.4, 0.5) is 10.1 Å². The summed E-state index contributed by atoms with van der Waals surface area (Å²) in [6.07, 6.45) is 1.71. The molecule has 6 N–H and O–H groups in total. The van der Waals surface area contributed by atoms with E-state index in [0.29, 0.717) is 12.2 Å². The summed E-state index contributed by atoms with van der Waals surface area (Å²) in [5, 5.41) is 5.22. The lowest BCUT2D eigenvalue weighted by atomic mass is 10.2. The maximum Gasteiger partial charge on any atom is 0.223 e. The summed E-state index contributed by atoms with van der Waals surface area (Å²) < 4.78 is 15.1. The van der Waals surface area contributed by atoms with Crippen LogP contribution >= 0.6 is 0 Å². The monoisotopic (exact) mass is 325 g/mol. The van der Waals surface area contributed by atoms with E-state index in [4.69, 9.17) is 17.2 Å². The van der Waals surface area contributed by atoms with Gasteiger partial charge in [-0.05, 0) is 35.9 Å². The lowest BCUT2D eigenvalue weighted by molar-refractivity contribution is 0.621. The molecule has 2 aromatic carbocycles. The molecule has 0 bridgehead atoms. The van der Waals surface area contributed by atoms with Crippen LogP contribution in [0.3, 0.4) is 0 Å². The van der Waals surface area contributed by atoms with Crippen molar-refractivity contribution in [3.8, 4) is 0 Å². The van der Waals surface area contributed by atoms with Crippen LogP contribution in [0.25, 0.3) is 10.9 Å². The maximum absolute atomic E-state index is 13.3. The molecule has 1 aromatic heterocycles. The molecule has 0 aliphatic heterocycles. The molecular formula is C16H16FN7. The average molecular weight is 325 g/mol. The molecule has 0 amide bonds. The third-order valence-electron chi connectivity index (χ3n) is 3.33. The summed E-state index contributed by atoms with van der Waals surface area (Å²) in [4.78, 5) is 7.78. The molecule has 7 nitrogen and oxygen atoms in total. The molecule has 1 heterocycles. The van der Waals surface area contributed by atoms with Crippen LogP contribution in [-0.2, 0) is 6.54 Å². The first-order chi connectivity index (χ1) is 11.5. The number of fused-ring (bicyclic) bond motifs is 1. The minimum Gasteiger partial charge on any atom is -0.370 e. The highest BCUT2D eigenvalue weighted by molar-refractivity contribution is 5.94. The van der Waals surface area contributed by atoms with E-state index in [9.17, 15) is 4.39 Å². The topological polar surface area (TPSA) is 121 Å². The average Bonchev–Trinajstić information content (AvgIpc) is 2.89. The number of guanidine groups is 2. The van der Waals surface area contributed by atoms with Gasteiger partial charge >= 0.3 is 0 Å². The second-order valence-corrected chi connectivity index (χ2v) is 5.18. The Labute approximate surface area is 137 Å². The second kappa shape index (κ2) is 6.37. The predicted molar refractivity (Wildman–Crippen MR) is 92.3 cm³/mol. The highest BCUT2D eigenvalue weighted by Crippen LogP contribution is 2.22. The molecule has 0 saturated heterocycles. The molecule has 8 heteroatoms. The van der Waals surface area contributed by atoms with Crippen LogP contribution in [0.15, 0.2) is 58.6 Å². The van der Waals surface area contributed by atoms with Crippen molar-refractivity contribution in [2.24, 2.45) is 27.2 Å². The van der Waals surface area contributed by atoms with E-state index in [1.54, 1.807) is 23.0 Å². The number of nitrogens with zero attached hydrogens (tertiary/aromatic N) is 4. The van der Waals surface area contributed by atoms with Crippen LogP contribution in [0, 0.1) is 5.82 Å². The van der Waals surface area contributed by atoms with E-state index >= 15 is 0 Å². The van der Waals surface area contributed by atoms with Gasteiger partial charge in [-0.25, -0.2) is 9.38 Å². The van der Waals surface area contributed by atoms with Gasteiger partial charge in [0.05, 0.1) is 23.9 Å². The third-order valence-corrected chi connectivity index (χ3v) is 3.33. The first kappa shape index (κ1) is 15.5. The van der Waals surface area contributed by atoms with Gasteiger partial charge in [0.25, 0.3) is 0 Å². The van der Waals surface area contributed by atoms with Gasteiger partial charge in [-0.15, -0.1) is 0 Å². The fourth-order valence-electron chi connectivity index (χ4n) is 2.37. The molecule has 3 aromatic rings. The standard InChI is InChI=1S/C16H16FN7/c17-12-3-1-2-10(6-12)9-24-14-5-4-13(7-11(14)8-21-24)22-16(20)23-15(18)19/h1-8H,9H2,(H6,18,19,20,22,23). The van der Waals surface area contributed by atoms with Gasteiger partial charge in [0.1, 0.15) is 5.82 Å². The first-order valence-corrected chi connectivity index (χ1v) is 7.15. The predicted octanol–water partition coefficient (Wildman–Crippen LogP) is 1.44. The van der Waals surface area contributed by atoms with Crippen molar-refractivity contribution in [1.29, 1.82) is 0 Å². The summed E-state index contributed by atoms with van der Waals surface area (Å²) in [7, 11) is 0. The Hall–Kier alpha value is -3.42. The first-order valence-electron chi connectivity index (χ1n) is 7.15. The molecule has 0 unspecified atom stereocenters. The van der Waals surface area contributed by atoms with E-state index in [1.807, 2.05) is 18.2 Å². The number of aromatic nitrogens is 2. The normalized spacial score (nSPS) is 11.6. The lowest BCUT2D eigenvalue weighted by Crippen LogP contribution is -2.26. The molecule has 0 spiro atoms. The quantitative estimate of drug-likeness (QED) is 0.498. The largest absolute Gasteiger partial charge is 0.370 e. The molecule has 24 heavy (non-hydrogen) atoms. The molecule has 0 fully saturated rings. The van der Waals surface area contributed by atoms with E-state index < -0.39 is 0 Å². The molecule has 0 saturated carbocycles. The number of halogens is 1. The molecular weight excluding hydrogens is 309 g/mol. The second-order valence-electron chi connectivity index (χ2n) is 5.18. The molecule has 0 radical (unpaired) electrons. The van der Waals surface area contributed by atoms with Crippen LogP contribution in [0.5, 0.6) is 0 Å². The van der Waals surface area contributed by atoms with Gasteiger partial charge in [0, 0.05) is 5.39 Å². The van der Waals surface area contributed by atoms with Gasteiger partial charge in [0.15, 0.2) is 5.96 Å². The minimum absolute atomic E-state index is 0.0264. The van der Waals surface area contributed by atoms with Crippen molar-refractivity contribution >= 4 is 28.5 Å². The zero-order chi connectivity index (χ0) is 17.1. The van der Waals surface area contributed by atoms with Crippen LogP contribution in [0.2, 0.25) is 0 Å². The van der Waals surface area contributed by atoms with Crippen molar-refractivity contribution < 1.29 is 4.39 Å². The molecule has 0 atom stereocenters. The number of nitrogens with two attached hydrogens (primary N) is 3. The van der Waals surface area contributed by atoms with E-state index in [2.05, 4.69) is 15.1 Å². The smallest absolute Gasteiger partial charge is 0.223 e. The van der Waals surface area contributed by atoms with Gasteiger partial charge in [-0.1, -0.05) is 12.1 Å². The van der Waals surface area contributed by atoms with Crippen LogP contribution in [0.1, 0.15) is 5.56 Å². The summed E-state index contributed by atoms with van der Waals surface area (Å²) >= 11 is 0. The van der Waals surface area contributed by atoms with Crippen LogP contribution < -0.4 is 17.2 Å². The Balaban J connectivity index is 1.90. The Bertz CT molecular complexity index is 939. The van der Waals surface area contributed by atoms with Crippen molar-refractivity contribution in [2.45, 2.75) is 6.54 Å². The van der Waals surface area contributed by atoms with Gasteiger partial charge in [-0.3, -0.25) is 4.68 Å². The van der Waals surface area contributed by atoms with Gasteiger partial charge in [0.2, 0.25) is 5.96 Å². The Morgan fingerprint density at radius 2 is 1.96 bits per heavy atom. The Kier molecular flexibility index (Phi) is 4.11. The Morgan fingerprint density at radius 3 is 2.71 bits per heavy atom. The van der Waals surface area contributed by atoms with E-state index in [-0.39, 0.29) is 17.7 Å². The van der Waals surface area contributed by atoms with Crippen molar-refractivity contribution in [1.82, 2.24) is 9.78 Å². The van der Waals surface area contributed by atoms with E-state index in [1.165, 1.54) is 12.1 Å². The lowest BCUT2D eigenvalue weighted by Gasteiger charge is -2.04. The fraction of sp³-hybridized carbons (Fsp3) is 0.0625. The maximum atomic E-state index is 13.3. The number of rotatable bonds is 3.